The summed E-state index contributed by atoms with van der Waals surface area (Å²) in [5.74, 6) is 0.0597. The molecule has 0 saturated carbocycles. The van der Waals surface area contributed by atoms with Crippen LogP contribution in [0.25, 0.3) is 17.2 Å². The molecular formula is C23H18N2O2. The maximum atomic E-state index is 12.4. The van der Waals surface area contributed by atoms with Crippen molar-refractivity contribution >= 4 is 17.7 Å². The molecule has 27 heavy (non-hydrogen) atoms. The first-order valence-corrected chi connectivity index (χ1v) is 8.43. The lowest BCUT2D eigenvalue weighted by Gasteiger charge is -2.09. The zero-order valence-electron chi connectivity index (χ0n) is 14.8. The summed E-state index contributed by atoms with van der Waals surface area (Å²) in [6.07, 6.45) is 1.57. The van der Waals surface area contributed by atoms with Gasteiger partial charge in [0.2, 0.25) is 0 Å². The maximum absolute atomic E-state index is 12.4. The largest absolute Gasteiger partial charge is 0.495 e. The van der Waals surface area contributed by atoms with Crippen molar-refractivity contribution in [2.24, 2.45) is 0 Å². The second-order valence-corrected chi connectivity index (χ2v) is 5.81. The molecule has 0 aliphatic rings. The minimum absolute atomic E-state index is 0.0216. The number of carbonyl (C=O) groups is 1. The fourth-order valence-corrected chi connectivity index (χ4v) is 2.66. The normalized spacial score (nSPS) is 10.7. The molecule has 0 heterocycles. The van der Waals surface area contributed by atoms with Gasteiger partial charge < -0.3 is 10.1 Å². The van der Waals surface area contributed by atoms with Crippen LogP contribution in [0.15, 0.2) is 84.4 Å². The molecule has 0 aromatic heterocycles. The zero-order chi connectivity index (χ0) is 19.1. The van der Waals surface area contributed by atoms with Crippen LogP contribution in [0.4, 0.5) is 5.69 Å². The third-order valence-electron chi connectivity index (χ3n) is 4.05. The summed E-state index contributed by atoms with van der Waals surface area (Å²) in [7, 11) is 1.53. The number of benzene rings is 3. The third kappa shape index (κ3) is 4.42. The highest BCUT2D eigenvalue weighted by Crippen LogP contribution is 2.24. The molecule has 0 spiro atoms. The summed E-state index contributed by atoms with van der Waals surface area (Å²) in [4.78, 5) is 12.4. The minimum Gasteiger partial charge on any atom is -0.495 e. The Hall–Kier alpha value is -3.84. The smallest absolute Gasteiger partial charge is 0.266 e. The molecule has 0 radical (unpaired) electrons. The number of rotatable bonds is 5. The Morgan fingerprint density at radius 1 is 0.926 bits per heavy atom. The van der Waals surface area contributed by atoms with Crippen LogP contribution in [-0.2, 0) is 4.79 Å². The van der Waals surface area contributed by atoms with Crippen molar-refractivity contribution < 1.29 is 9.53 Å². The second kappa shape index (κ2) is 8.50. The van der Waals surface area contributed by atoms with Crippen molar-refractivity contribution in [3.8, 4) is 22.9 Å². The molecule has 0 aliphatic heterocycles. The van der Waals surface area contributed by atoms with Crippen molar-refractivity contribution in [3.63, 3.8) is 0 Å². The van der Waals surface area contributed by atoms with E-state index in [2.05, 4.69) is 5.32 Å². The van der Waals surface area contributed by atoms with Crippen LogP contribution in [0.3, 0.4) is 0 Å². The average Bonchev–Trinajstić information content (AvgIpc) is 2.73. The van der Waals surface area contributed by atoms with Crippen LogP contribution >= 0.6 is 0 Å². The Kier molecular flexibility index (Phi) is 5.66. The predicted octanol–water partition coefficient (Wildman–Crippen LogP) is 4.91. The molecule has 0 fully saturated rings. The summed E-state index contributed by atoms with van der Waals surface area (Å²) < 4.78 is 5.22. The number of carbonyl (C=O) groups excluding carboxylic acids is 1. The van der Waals surface area contributed by atoms with E-state index in [9.17, 15) is 10.1 Å². The molecule has 0 saturated heterocycles. The molecule has 0 aliphatic carbocycles. The molecule has 3 rings (SSSR count). The Morgan fingerprint density at radius 2 is 1.56 bits per heavy atom. The van der Waals surface area contributed by atoms with E-state index < -0.39 is 5.91 Å². The lowest BCUT2D eigenvalue weighted by atomic mass is 10.0. The zero-order valence-corrected chi connectivity index (χ0v) is 14.8. The molecule has 3 aromatic carbocycles. The van der Waals surface area contributed by atoms with Gasteiger partial charge in [0, 0.05) is 0 Å². The number of nitrogens with zero attached hydrogens (tertiary/aromatic N) is 1. The SMILES string of the molecule is COc1ccccc1NC(=O)/C(C#N)=C/c1ccc(-c2ccccc2)cc1. The number of nitriles is 1. The highest BCUT2D eigenvalue weighted by atomic mass is 16.5. The number of methoxy groups -OCH3 is 1. The third-order valence-corrected chi connectivity index (χ3v) is 4.05. The van der Waals surface area contributed by atoms with E-state index >= 15 is 0 Å². The van der Waals surface area contributed by atoms with Gasteiger partial charge in [-0.05, 0) is 34.9 Å². The van der Waals surface area contributed by atoms with Crippen molar-refractivity contribution in [2.45, 2.75) is 0 Å². The molecule has 4 heteroatoms. The summed E-state index contributed by atoms with van der Waals surface area (Å²) >= 11 is 0. The Balaban J connectivity index is 1.79. The van der Waals surface area contributed by atoms with Crippen LogP contribution in [0.5, 0.6) is 5.75 Å². The fourth-order valence-electron chi connectivity index (χ4n) is 2.66. The molecule has 1 N–H and O–H groups in total. The molecular weight excluding hydrogens is 336 g/mol. The van der Waals surface area contributed by atoms with E-state index in [-0.39, 0.29) is 5.57 Å². The van der Waals surface area contributed by atoms with Crippen molar-refractivity contribution in [1.82, 2.24) is 0 Å². The monoisotopic (exact) mass is 354 g/mol. The first-order valence-electron chi connectivity index (χ1n) is 8.43. The first kappa shape index (κ1) is 18.0. The number of hydrogen-bond acceptors (Lipinski definition) is 3. The van der Waals surface area contributed by atoms with Gasteiger partial charge in [0.1, 0.15) is 17.4 Å². The standard InChI is InChI=1S/C23H18N2O2/c1-27-22-10-6-5-9-21(22)25-23(26)20(16-24)15-17-11-13-19(14-12-17)18-7-3-2-4-8-18/h2-15H,1H3,(H,25,26)/b20-15+. The Labute approximate surface area is 158 Å². The quantitative estimate of drug-likeness (QED) is 0.523. The number of hydrogen-bond donors (Lipinski definition) is 1. The van der Waals surface area contributed by atoms with Crippen molar-refractivity contribution in [1.29, 1.82) is 5.26 Å². The molecule has 4 nitrogen and oxygen atoms in total. The van der Waals surface area contributed by atoms with E-state index in [0.29, 0.717) is 11.4 Å². The van der Waals surface area contributed by atoms with Crippen LogP contribution < -0.4 is 10.1 Å². The van der Waals surface area contributed by atoms with Gasteiger partial charge in [0.25, 0.3) is 5.91 Å². The van der Waals surface area contributed by atoms with E-state index in [1.807, 2.05) is 66.7 Å². The lowest BCUT2D eigenvalue weighted by Crippen LogP contribution is -2.14. The van der Waals surface area contributed by atoms with Gasteiger partial charge in [-0.3, -0.25) is 4.79 Å². The first-order chi connectivity index (χ1) is 13.2. The lowest BCUT2D eigenvalue weighted by molar-refractivity contribution is -0.112. The van der Waals surface area contributed by atoms with Gasteiger partial charge in [0.05, 0.1) is 12.8 Å². The highest BCUT2D eigenvalue weighted by molar-refractivity contribution is 6.10. The van der Waals surface area contributed by atoms with Crippen LogP contribution in [0, 0.1) is 11.3 Å². The van der Waals surface area contributed by atoms with Crippen LogP contribution in [0.2, 0.25) is 0 Å². The molecule has 3 aromatic rings. The second-order valence-electron chi connectivity index (χ2n) is 5.81. The maximum Gasteiger partial charge on any atom is 0.266 e. The van der Waals surface area contributed by atoms with Crippen molar-refractivity contribution in [3.05, 3.63) is 90.0 Å². The average molecular weight is 354 g/mol. The number of nitrogens with one attached hydrogen (secondary N) is 1. The minimum atomic E-state index is -0.478. The molecule has 132 valence electrons. The van der Waals surface area contributed by atoms with Gasteiger partial charge >= 0.3 is 0 Å². The number of amides is 1. The van der Waals surface area contributed by atoms with Crippen LogP contribution in [0.1, 0.15) is 5.56 Å². The Bertz CT molecular complexity index is 1000. The van der Waals surface area contributed by atoms with Gasteiger partial charge in [0.15, 0.2) is 0 Å². The number of anilines is 1. The highest BCUT2D eigenvalue weighted by Gasteiger charge is 2.12. The van der Waals surface area contributed by atoms with Crippen molar-refractivity contribution in [2.75, 3.05) is 12.4 Å². The van der Waals surface area contributed by atoms with E-state index in [1.165, 1.54) is 7.11 Å². The van der Waals surface area contributed by atoms with Gasteiger partial charge in [-0.25, -0.2) is 0 Å². The summed E-state index contributed by atoms with van der Waals surface area (Å²) in [5, 5.41) is 12.1. The van der Waals surface area contributed by atoms with E-state index in [4.69, 9.17) is 4.74 Å². The number of ether oxygens (including phenoxy) is 1. The molecule has 1 amide bonds. The van der Waals surface area contributed by atoms with E-state index in [0.717, 1.165) is 16.7 Å². The molecule has 0 bridgehead atoms. The van der Waals surface area contributed by atoms with Gasteiger partial charge in [-0.15, -0.1) is 0 Å². The van der Waals surface area contributed by atoms with E-state index in [1.54, 1.807) is 24.3 Å². The van der Waals surface area contributed by atoms with Crippen LogP contribution in [-0.4, -0.2) is 13.0 Å². The fraction of sp³-hybridized carbons (Fsp3) is 0.0435. The topological polar surface area (TPSA) is 62.1 Å². The summed E-state index contributed by atoms with van der Waals surface area (Å²) in [5.41, 5.74) is 3.51. The van der Waals surface area contributed by atoms with Gasteiger partial charge in [-0.2, -0.15) is 5.26 Å². The number of para-hydroxylation sites is 2. The Morgan fingerprint density at radius 3 is 2.22 bits per heavy atom. The predicted molar refractivity (Wildman–Crippen MR) is 107 cm³/mol. The summed E-state index contributed by atoms with van der Waals surface area (Å²) in [6, 6.07) is 26.7. The summed E-state index contributed by atoms with van der Waals surface area (Å²) in [6.45, 7) is 0. The van der Waals surface area contributed by atoms with Gasteiger partial charge in [-0.1, -0.05) is 66.7 Å². The molecule has 0 atom stereocenters. The molecule has 0 unspecified atom stereocenters.